The van der Waals surface area contributed by atoms with E-state index in [2.05, 4.69) is 5.32 Å². The highest BCUT2D eigenvalue weighted by Crippen LogP contribution is 2.29. The molecule has 24 heavy (non-hydrogen) atoms. The van der Waals surface area contributed by atoms with Gasteiger partial charge in [-0.05, 0) is 37.1 Å². The molecule has 1 N–H and O–H groups in total. The van der Waals surface area contributed by atoms with Gasteiger partial charge in [-0.2, -0.15) is 5.26 Å². The number of hydrogen-bond acceptors (Lipinski definition) is 3. The SMILES string of the molecule is N#C/C(=C\c1ccc(-c2ccccc2Cl)o1)C(=O)NC1CCCC1. The van der Waals surface area contributed by atoms with E-state index >= 15 is 0 Å². The summed E-state index contributed by atoms with van der Waals surface area (Å²) in [4.78, 5) is 12.2. The molecule has 0 unspecified atom stereocenters. The molecule has 0 radical (unpaired) electrons. The monoisotopic (exact) mass is 340 g/mol. The lowest BCUT2D eigenvalue weighted by Gasteiger charge is -2.10. The van der Waals surface area contributed by atoms with Gasteiger partial charge >= 0.3 is 0 Å². The molecule has 1 heterocycles. The summed E-state index contributed by atoms with van der Waals surface area (Å²) in [5, 5.41) is 12.7. The topological polar surface area (TPSA) is 66.0 Å². The molecule has 1 aromatic carbocycles. The summed E-state index contributed by atoms with van der Waals surface area (Å²) >= 11 is 6.15. The Morgan fingerprint density at radius 2 is 2.00 bits per heavy atom. The minimum Gasteiger partial charge on any atom is -0.457 e. The molecule has 3 rings (SSSR count). The standard InChI is InChI=1S/C19H17ClN2O2/c20-17-8-4-3-7-16(17)18-10-9-15(24-18)11-13(12-21)19(23)22-14-5-1-2-6-14/h3-4,7-11,14H,1-2,5-6H2,(H,22,23)/b13-11+. The van der Waals surface area contributed by atoms with E-state index in [0.29, 0.717) is 16.5 Å². The van der Waals surface area contributed by atoms with E-state index in [9.17, 15) is 10.1 Å². The number of furan rings is 1. The molecule has 0 atom stereocenters. The van der Waals surface area contributed by atoms with E-state index < -0.39 is 0 Å². The molecule has 1 aromatic heterocycles. The predicted octanol–water partition coefficient (Wildman–Crippen LogP) is 4.57. The molecule has 1 aliphatic carbocycles. The van der Waals surface area contributed by atoms with Crippen LogP contribution in [0.15, 0.2) is 46.4 Å². The molecule has 1 fully saturated rings. The molecule has 1 saturated carbocycles. The maximum absolute atomic E-state index is 12.2. The van der Waals surface area contributed by atoms with Gasteiger partial charge in [0.15, 0.2) is 0 Å². The van der Waals surface area contributed by atoms with E-state index in [4.69, 9.17) is 16.0 Å². The summed E-state index contributed by atoms with van der Waals surface area (Å²) in [5.74, 6) is 0.698. The molecule has 2 aromatic rings. The van der Waals surface area contributed by atoms with Crippen LogP contribution in [0.3, 0.4) is 0 Å². The summed E-state index contributed by atoms with van der Waals surface area (Å²) in [6.45, 7) is 0. The van der Waals surface area contributed by atoms with Crippen LogP contribution < -0.4 is 5.32 Å². The van der Waals surface area contributed by atoms with Crippen molar-refractivity contribution in [3.8, 4) is 17.4 Å². The predicted molar refractivity (Wildman–Crippen MR) is 93.1 cm³/mol. The summed E-state index contributed by atoms with van der Waals surface area (Å²) in [7, 11) is 0. The second kappa shape index (κ2) is 7.37. The molecule has 1 aliphatic rings. The van der Waals surface area contributed by atoms with Crippen molar-refractivity contribution in [2.24, 2.45) is 0 Å². The molecule has 0 saturated heterocycles. The number of nitrogens with zero attached hydrogens (tertiary/aromatic N) is 1. The van der Waals surface area contributed by atoms with Crippen LogP contribution in [0.1, 0.15) is 31.4 Å². The first kappa shape index (κ1) is 16.4. The van der Waals surface area contributed by atoms with E-state index in [1.807, 2.05) is 24.3 Å². The van der Waals surface area contributed by atoms with Crippen molar-refractivity contribution in [3.63, 3.8) is 0 Å². The minimum absolute atomic E-state index is 0.0435. The number of hydrogen-bond donors (Lipinski definition) is 1. The van der Waals surface area contributed by atoms with Gasteiger partial charge in [-0.15, -0.1) is 0 Å². The van der Waals surface area contributed by atoms with Gasteiger partial charge in [-0.1, -0.05) is 36.6 Å². The molecule has 0 spiro atoms. The van der Waals surface area contributed by atoms with Crippen molar-refractivity contribution >= 4 is 23.6 Å². The maximum atomic E-state index is 12.2. The zero-order valence-corrected chi connectivity index (χ0v) is 13.8. The Morgan fingerprint density at radius 3 is 2.71 bits per heavy atom. The molecule has 4 nitrogen and oxygen atoms in total. The average Bonchev–Trinajstić information content (AvgIpc) is 3.24. The highest BCUT2D eigenvalue weighted by molar-refractivity contribution is 6.33. The zero-order valence-electron chi connectivity index (χ0n) is 13.1. The van der Waals surface area contributed by atoms with Gasteiger partial charge in [0.1, 0.15) is 23.2 Å². The van der Waals surface area contributed by atoms with Gasteiger partial charge in [-0.3, -0.25) is 4.79 Å². The average molecular weight is 341 g/mol. The van der Waals surface area contributed by atoms with Crippen molar-refractivity contribution in [3.05, 3.63) is 52.8 Å². The van der Waals surface area contributed by atoms with Crippen LogP contribution in [0.4, 0.5) is 0 Å². The van der Waals surface area contributed by atoms with Crippen LogP contribution in [0.5, 0.6) is 0 Å². The third-order valence-corrected chi connectivity index (χ3v) is 4.44. The van der Waals surface area contributed by atoms with Gasteiger partial charge in [-0.25, -0.2) is 0 Å². The van der Waals surface area contributed by atoms with E-state index in [1.165, 1.54) is 6.08 Å². The number of amides is 1. The normalized spacial score (nSPS) is 15.2. The van der Waals surface area contributed by atoms with E-state index in [0.717, 1.165) is 31.2 Å². The maximum Gasteiger partial charge on any atom is 0.262 e. The first-order valence-electron chi connectivity index (χ1n) is 7.95. The number of carbonyl (C=O) groups is 1. The van der Waals surface area contributed by atoms with Gasteiger partial charge in [0, 0.05) is 17.7 Å². The van der Waals surface area contributed by atoms with Gasteiger partial charge in [0.05, 0.1) is 5.02 Å². The first-order valence-corrected chi connectivity index (χ1v) is 8.32. The van der Waals surface area contributed by atoms with Crippen molar-refractivity contribution in [1.82, 2.24) is 5.32 Å². The molecule has 5 heteroatoms. The Hall–Kier alpha value is -2.51. The number of nitriles is 1. The van der Waals surface area contributed by atoms with Gasteiger partial charge in [0.25, 0.3) is 5.91 Å². The summed E-state index contributed by atoms with van der Waals surface area (Å²) in [6.07, 6.45) is 5.65. The molecule has 122 valence electrons. The Bertz CT molecular complexity index is 811. The number of benzene rings is 1. The summed E-state index contributed by atoms with van der Waals surface area (Å²) in [6, 6.07) is 13.0. The Balaban J connectivity index is 1.78. The lowest BCUT2D eigenvalue weighted by Crippen LogP contribution is -2.33. The summed E-state index contributed by atoms with van der Waals surface area (Å²) in [5.41, 5.74) is 0.815. The molecular weight excluding hydrogens is 324 g/mol. The smallest absolute Gasteiger partial charge is 0.262 e. The Kier molecular flexibility index (Phi) is 5.02. The Labute approximate surface area is 145 Å². The molecule has 0 bridgehead atoms. The minimum atomic E-state index is -0.347. The van der Waals surface area contributed by atoms with E-state index in [-0.39, 0.29) is 17.5 Å². The van der Waals surface area contributed by atoms with Crippen molar-refractivity contribution in [2.45, 2.75) is 31.7 Å². The lowest BCUT2D eigenvalue weighted by atomic mass is 10.2. The number of rotatable bonds is 4. The number of nitrogens with one attached hydrogen (secondary N) is 1. The summed E-state index contributed by atoms with van der Waals surface area (Å²) < 4.78 is 5.71. The zero-order chi connectivity index (χ0) is 16.9. The Morgan fingerprint density at radius 1 is 1.25 bits per heavy atom. The van der Waals surface area contributed by atoms with Crippen molar-refractivity contribution < 1.29 is 9.21 Å². The fraction of sp³-hybridized carbons (Fsp3) is 0.263. The fourth-order valence-corrected chi connectivity index (χ4v) is 3.09. The van der Waals surface area contributed by atoms with Crippen LogP contribution in [0.2, 0.25) is 5.02 Å². The van der Waals surface area contributed by atoms with Crippen LogP contribution in [-0.4, -0.2) is 11.9 Å². The van der Waals surface area contributed by atoms with Crippen molar-refractivity contribution in [2.75, 3.05) is 0 Å². The second-order valence-corrected chi connectivity index (χ2v) is 6.21. The fourth-order valence-electron chi connectivity index (χ4n) is 2.86. The number of halogens is 1. The van der Waals surface area contributed by atoms with Crippen LogP contribution in [0.25, 0.3) is 17.4 Å². The largest absolute Gasteiger partial charge is 0.457 e. The van der Waals surface area contributed by atoms with Gasteiger partial charge in [0.2, 0.25) is 0 Å². The molecular formula is C19H17ClN2O2. The van der Waals surface area contributed by atoms with Crippen LogP contribution in [-0.2, 0) is 4.79 Å². The van der Waals surface area contributed by atoms with Crippen molar-refractivity contribution in [1.29, 1.82) is 5.26 Å². The van der Waals surface area contributed by atoms with E-state index in [1.54, 1.807) is 18.2 Å². The van der Waals surface area contributed by atoms with Gasteiger partial charge < -0.3 is 9.73 Å². The van der Waals surface area contributed by atoms with Crippen LogP contribution in [0, 0.1) is 11.3 Å². The second-order valence-electron chi connectivity index (χ2n) is 5.81. The highest BCUT2D eigenvalue weighted by Gasteiger charge is 2.19. The third kappa shape index (κ3) is 3.69. The number of carbonyl (C=O) groups excluding carboxylic acids is 1. The lowest BCUT2D eigenvalue weighted by molar-refractivity contribution is -0.117. The molecule has 1 amide bonds. The molecule has 0 aliphatic heterocycles. The first-order chi connectivity index (χ1) is 11.7. The highest BCUT2D eigenvalue weighted by atomic mass is 35.5. The quantitative estimate of drug-likeness (QED) is 0.655. The van der Waals surface area contributed by atoms with Crippen LogP contribution >= 0.6 is 11.6 Å². The third-order valence-electron chi connectivity index (χ3n) is 4.11.